The van der Waals surface area contributed by atoms with Crippen molar-refractivity contribution < 1.29 is 14.8 Å². The zero-order valence-electron chi connectivity index (χ0n) is 12.9. The van der Waals surface area contributed by atoms with E-state index in [-0.39, 0.29) is 18.1 Å². The van der Waals surface area contributed by atoms with Gasteiger partial charge in [-0.1, -0.05) is 19.6 Å². The molecule has 0 aromatic carbocycles. The lowest BCUT2D eigenvalue weighted by Crippen LogP contribution is -2.28. The first-order valence-corrected chi connectivity index (χ1v) is 10.6. The summed E-state index contributed by atoms with van der Waals surface area (Å²) in [7, 11) is -1.19. The van der Waals surface area contributed by atoms with Crippen molar-refractivity contribution in [2.24, 2.45) is 5.73 Å². The highest BCUT2D eigenvalue weighted by molar-refractivity contribution is 6.76. The van der Waals surface area contributed by atoms with Crippen LogP contribution < -0.4 is 5.73 Å². The third-order valence-corrected chi connectivity index (χ3v) is 4.75. The molecule has 0 amide bonds. The SMILES string of the molecule is CC(N)C(O)c1c([N+](=O)[O-])cnn1COCC[Si](C)(C)C. The molecule has 1 rings (SSSR count). The van der Waals surface area contributed by atoms with Crippen LogP contribution in [-0.2, 0) is 11.5 Å². The van der Waals surface area contributed by atoms with Gasteiger partial charge in [0.15, 0.2) is 0 Å². The summed E-state index contributed by atoms with van der Waals surface area (Å²) in [6, 6.07) is 0.350. The summed E-state index contributed by atoms with van der Waals surface area (Å²) >= 11 is 0. The topological polar surface area (TPSA) is 116 Å². The summed E-state index contributed by atoms with van der Waals surface area (Å²) in [6.07, 6.45) is -0.0449. The second-order valence-electron chi connectivity index (χ2n) is 6.32. The Hall–Kier alpha value is -1.29. The molecule has 1 aromatic rings. The monoisotopic (exact) mass is 316 g/mol. The van der Waals surface area contributed by atoms with E-state index in [9.17, 15) is 15.2 Å². The van der Waals surface area contributed by atoms with Gasteiger partial charge in [-0.05, 0) is 13.0 Å². The van der Waals surface area contributed by atoms with Gasteiger partial charge in [0.25, 0.3) is 0 Å². The molecule has 0 aliphatic heterocycles. The third-order valence-electron chi connectivity index (χ3n) is 3.04. The fraction of sp³-hybridized carbons (Fsp3) is 0.750. The van der Waals surface area contributed by atoms with Crippen LogP contribution in [0, 0.1) is 10.1 Å². The van der Waals surface area contributed by atoms with Gasteiger partial charge in [0.2, 0.25) is 0 Å². The second-order valence-corrected chi connectivity index (χ2v) is 11.9. The summed E-state index contributed by atoms with van der Waals surface area (Å²) < 4.78 is 6.82. The number of hydrogen-bond acceptors (Lipinski definition) is 6. The van der Waals surface area contributed by atoms with Gasteiger partial charge in [-0.3, -0.25) is 10.1 Å². The smallest absolute Gasteiger partial charge is 0.313 e. The number of nitrogens with two attached hydrogens (primary N) is 1. The van der Waals surface area contributed by atoms with Crippen molar-refractivity contribution in [2.75, 3.05) is 6.61 Å². The van der Waals surface area contributed by atoms with E-state index in [1.165, 1.54) is 4.68 Å². The van der Waals surface area contributed by atoms with Crippen molar-refractivity contribution in [1.29, 1.82) is 0 Å². The Balaban J connectivity index is 2.80. The van der Waals surface area contributed by atoms with E-state index < -0.39 is 25.1 Å². The number of nitrogens with zero attached hydrogens (tertiary/aromatic N) is 3. The first-order valence-electron chi connectivity index (χ1n) is 6.85. The fourth-order valence-corrected chi connectivity index (χ4v) is 2.47. The van der Waals surface area contributed by atoms with Crippen molar-refractivity contribution in [3.63, 3.8) is 0 Å². The van der Waals surface area contributed by atoms with Crippen LogP contribution >= 0.6 is 0 Å². The van der Waals surface area contributed by atoms with E-state index >= 15 is 0 Å². The quantitative estimate of drug-likeness (QED) is 0.325. The molecule has 0 spiro atoms. The molecule has 0 saturated carbocycles. The Labute approximate surface area is 125 Å². The Morgan fingerprint density at radius 1 is 1.57 bits per heavy atom. The summed E-state index contributed by atoms with van der Waals surface area (Å²) in [6.45, 7) is 8.92. The van der Waals surface area contributed by atoms with Crippen LogP contribution in [0.15, 0.2) is 6.20 Å². The van der Waals surface area contributed by atoms with Crippen LogP contribution in [0.4, 0.5) is 5.69 Å². The van der Waals surface area contributed by atoms with Gasteiger partial charge in [-0.2, -0.15) is 5.10 Å². The maximum absolute atomic E-state index is 11.0. The number of rotatable bonds is 8. The molecule has 1 aromatic heterocycles. The van der Waals surface area contributed by atoms with Gasteiger partial charge in [-0.25, -0.2) is 4.68 Å². The molecule has 1 heterocycles. The number of ether oxygens (including phenoxy) is 1. The van der Waals surface area contributed by atoms with Crippen molar-refractivity contribution in [3.8, 4) is 0 Å². The molecule has 120 valence electrons. The summed E-state index contributed by atoms with van der Waals surface area (Å²) in [4.78, 5) is 10.4. The van der Waals surface area contributed by atoms with Gasteiger partial charge >= 0.3 is 5.69 Å². The summed E-state index contributed by atoms with van der Waals surface area (Å²) in [5.74, 6) is 0. The minimum atomic E-state index is -1.19. The second kappa shape index (κ2) is 7.12. The predicted octanol–water partition coefficient (Wildman–Crippen LogP) is 1.48. The molecule has 0 aliphatic carbocycles. The molecule has 0 radical (unpaired) electrons. The van der Waals surface area contributed by atoms with Crippen LogP contribution in [0.2, 0.25) is 25.7 Å². The van der Waals surface area contributed by atoms with Gasteiger partial charge in [0.05, 0.1) is 4.92 Å². The average Bonchev–Trinajstić information content (AvgIpc) is 2.76. The van der Waals surface area contributed by atoms with Crippen LogP contribution in [0.1, 0.15) is 18.7 Å². The lowest BCUT2D eigenvalue weighted by Gasteiger charge is -2.18. The minimum absolute atomic E-state index is 0.0669. The molecule has 8 nitrogen and oxygen atoms in total. The van der Waals surface area contributed by atoms with E-state index in [1.807, 2.05) is 0 Å². The molecule has 21 heavy (non-hydrogen) atoms. The highest BCUT2D eigenvalue weighted by atomic mass is 28.3. The zero-order valence-corrected chi connectivity index (χ0v) is 13.9. The Morgan fingerprint density at radius 2 is 2.19 bits per heavy atom. The first-order chi connectivity index (χ1) is 9.63. The number of hydrogen-bond donors (Lipinski definition) is 2. The molecule has 2 unspecified atom stereocenters. The fourth-order valence-electron chi connectivity index (χ4n) is 1.71. The molecule has 0 saturated heterocycles. The maximum atomic E-state index is 11.0. The largest absolute Gasteiger partial charge is 0.385 e. The molecule has 2 atom stereocenters. The van der Waals surface area contributed by atoms with Crippen LogP contribution in [-0.4, -0.2) is 40.5 Å². The summed E-state index contributed by atoms with van der Waals surface area (Å²) in [5.41, 5.74) is 5.47. The molecule has 0 bridgehead atoms. The van der Waals surface area contributed by atoms with E-state index in [2.05, 4.69) is 24.7 Å². The van der Waals surface area contributed by atoms with E-state index in [0.717, 1.165) is 12.2 Å². The molecule has 0 fully saturated rings. The van der Waals surface area contributed by atoms with Crippen molar-refractivity contribution in [2.45, 2.75) is 51.5 Å². The number of aliphatic hydroxyl groups excluding tert-OH is 1. The van der Waals surface area contributed by atoms with Crippen molar-refractivity contribution in [3.05, 3.63) is 22.0 Å². The van der Waals surface area contributed by atoms with Crippen molar-refractivity contribution >= 4 is 13.8 Å². The van der Waals surface area contributed by atoms with E-state index in [4.69, 9.17) is 10.5 Å². The van der Waals surface area contributed by atoms with Crippen LogP contribution in [0.5, 0.6) is 0 Å². The Bertz CT molecular complexity index is 484. The maximum Gasteiger partial charge on any atom is 0.313 e. The van der Waals surface area contributed by atoms with Gasteiger partial charge in [0, 0.05) is 20.7 Å². The van der Waals surface area contributed by atoms with Gasteiger partial charge in [0.1, 0.15) is 24.7 Å². The highest BCUT2D eigenvalue weighted by Crippen LogP contribution is 2.26. The first kappa shape index (κ1) is 17.8. The van der Waals surface area contributed by atoms with Gasteiger partial charge in [-0.15, -0.1) is 0 Å². The molecule has 0 aliphatic rings. The van der Waals surface area contributed by atoms with Gasteiger partial charge < -0.3 is 15.6 Å². The van der Waals surface area contributed by atoms with E-state index in [0.29, 0.717) is 6.61 Å². The normalized spacial score (nSPS) is 15.0. The van der Waals surface area contributed by atoms with Crippen LogP contribution in [0.3, 0.4) is 0 Å². The van der Waals surface area contributed by atoms with Crippen LogP contribution in [0.25, 0.3) is 0 Å². The molecular formula is C12H24N4O4Si. The average molecular weight is 316 g/mol. The summed E-state index contributed by atoms with van der Waals surface area (Å²) in [5, 5.41) is 25.0. The Morgan fingerprint density at radius 3 is 2.67 bits per heavy atom. The lowest BCUT2D eigenvalue weighted by atomic mass is 10.1. The number of nitro groups is 1. The standard InChI is InChI=1S/C12H24N4O4Si/c1-9(13)12(17)11-10(16(18)19)7-14-15(11)8-20-5-6-21(2,3)4/h7,9,12,17H,5-6,8,13H2,1-4H3. The molecule has 9 heteroatoms. The number of aliphatic hydroxyl groups is 1. The van der Waals surface area contributed by atoms with Crippen molar-refractivity contribution in [1.82, 2.24) is 9.78 Å². The highest BCUT2D eigenvalue weighted by Gasteiger charge is 2.29. The zero-order chi connectivity index (χ0) is 16.2. The molecular weight excluding hydrogens is 292 g/mol. The number of aromatic nitrogens is 2. The lowest BCUT2D eigenvalue weighted by molar-refractivity contribution is -0.386. The minimum Gasteiger partial charge on any atom is -0.385 e. The third kappa shape index (κ3) is 5.19. The Kier molecular flexibility index (Phi) is 6.02. The molecule has 3 N–H and O–H groups in total. The van der Waals surface area contributed by atoms with E-state index in [1.54, 1.807) is 6.92 Å². The predicted molar refractivity (Wildman–Crippen MR) is 81.6 cm³/mol.